The van der Waals surface area contributed by atoms with Crippen LogP contribution in [0.15, 0.2) is 46.4 Å². The Morgan fingerprint density at radius 2 is 2.04 bits per heavy atom. The van der Waals surface area contributed by atoms with Crippen LogP contribution in [-0.4, -0.2) is 12.6 Å². The van der Waals surface area contributed by atoms with Crippen molar-refractivity contribution in [1.82, 2.24) is 0 Å². The van der Waals surface area contributed by atoms with Gasteiger partial charge in [-0.05, 0) is 42.8 Å². The number of carbonyl (C=O) groups is 1. The molecule has 0 spiro atoms. The second-order valence-corrected chi connectivity index (χ2v) is 5.30. The summed E-state index contributed by atoms with van der Waals surface area (Å²) in [6, 6.07) is 12.5. The Labute approximate surface area is 139 Å². The Morgan fingerprint density at radius 1 is 1.30 bits per heavy atom. The third kappa shape index (κ3) is 4.73. The molecule has 1 heterocycles. The van der Waals surface area contributed by atoms with Crippen LogP contribution in [0.25, 0.3) is 17.4 Å². The third-order valence-electron chi connectivity index (χ3n) is 3.11. The fourth-order valence-corrected chi connectivity index (χ4v) is 1.99. The number of nitrogens with zero attached hydrogens (tertiary/aromatic N) is 1. The molecule has 0 saturated carbocycles. The summed E-state index contributed by atoms with van der Waals surface area (Å²) in [5, 5.41) is 9.73. The second-order valence-electron chi connectivity index (χ2n) is 4.87. The Morgan fingerprint density at radius 3 is 2.70 bits per heavy atom. The van der Waals surface area contributed by atoms with E-state index < -0.39 is 5.97 Å². The van der Waals surface area contributed by atoms with E-state index in [9.17, 15) is 4.79 Å². The maximum atomic E-state index is 11.8. The summed E-state index contributed by atoms with van der Waals surface area (Å²) in [5.74, 6) is 0.411. The van der Waals surface area contributed by atoms with E-state index in [0.29, 0.717) is 23.2 Å². The van der Waals surface area contributed by atoms with Crippen molar-refractivity contribution in [2.75, 3.05) is 6.61 Å². The number of halogens is 1. The molecule has 2 rings (SSSR count). The molecule has 0 unspecified atom stereocenters. The lowest BCUT2D eigenvalue weighted by Gasteiger charge is -2.01. The first-order chi connectivity index (χ1) is 11.1. The van der Waals surface area contributed by atoms with E-state index in [-0.39, 0.29) is 5.57 Å². The van der Waals surface area contributed by atoms with Crippen LogP contribution < -0.4 is 0 Å². The molecule has 0 aliphatic rings. The summed E-state index contributed by atoms with van der Waals surface area (Å²) in [7, 11) is 0. The number of carbonyl (C=O) groups excluding carboxylic acids is 1. The molecule has 0 atom stereocenters. The van der Waals surface area contributed by atoms with Crippen LogP contribution in [0.2, 0.25) is 5.02 Å². The minimum Gasteiger partial charge on any atom is -0.462 e. The number of hydrogen-bond donors (Lipinski definition) is 0. The third-order valence-corrected chi connectivity index (χ3v) is 3.37. The number of esters is 1. The minimum absolute atomic E-state index is 0.0851. The lowest BCUT2D eigenvalue weighted by molar-refractivity contribution is -0.138. The zero-order chi connectivity index (χ0) is 16.7. The first-order valence-corrected chi connectivity index (χ1v) is 7.66. The van der Waals surface area contributed by atoms with Crippen LogP contribution >= 0.6 is 11.6 Å². The molecule has 23 heavy (non-hydrogen) atoms. The number of hydrogen-bond acceptors (Lipinski definition) is 4. The van der Waals surface area contributed by atoms with E-state index in [2.05, 4.69) is 0 Å². The van der Waals surface area contributed by atoms with Crippen LogP contribution in [0.4, 0.5) is 0 Å². The van der Waals surface area contributed by atoms with Crippen LogP contribution in [0.5, 0.6) is 0 Å². The van der Waals surface area contributed by atoms with Gasteiger partial charge in [0, 0.05) is 16.7 Å². The van der Waals surface area contributed by atoms with Crippen molar-refractivity contribution < 1.29 is 13.9 Å². The molecule has 5 heteroatoms. The molecule has 1 aromatic carbocycles. The van der Waals surface area contributed by atoms with Gasteiger partial charge in [0.2, 0.25) is 0 Å². The average Bonchev–Trinajstić information content (AvgIpc) is 3.02. The number of rotatable bonds is 6. The first-order valence-electron chi connectivity index (χ1n) is 7.28. The van der Waals surface area contributed by atoms with Crippen molar-refractivity contribution in [3.63, 3.8) is 0 Å². The summed E-state index contributed by atoms with van der Waals surface area (Å²) in [6.07, 6.45) is 3.07. The standard InChI is InChI=1S/C18H16ClNO3/c1-2-3-10-22-18(21)14(12-20)11-16-8-9-17(23-16)13-4-6-15(19)7-5-13/h4-9,11H,2-3,10H2,1H3/b14-11+. The highest BCUT2D eigenvalue weighted by molar-refractivity contribution is 6.30. The number of nitriles is 1. The highest BCUT2D eigenvalue weighted by Crippen LogP contribution is 2.24. The van der Waals surface area contributed by atoms with Crippen molar-refractivity contribution in [1.29, 1.82) is 5.26 Å². The van der Waals surface area contributed by atoms with E-state index in [4.69, 9.17) is 26.0 Å². The summed E-state index contributed by atoms with van der Waals surface area (Å²) >= 11 is 5.85. The van der Waals surface area contributed by atoms with Gasteiger partial charge in [-0.15, -0.1) is 0 Å². The van der Waals surface area contributed by atoms with Crippen molar-refractivity contribution in [3.8, 4) is 17.4 Å². The lowest BCUT2D eigenvalue weighted by Crippen LogP contribution is -2.07. The van der Waals surface area contributed by atoms with Crippen molar-refractivity contribution in [2.24, 2.45) is 0 Å². The number of benzene rings is 1. The van der Waals surface area contributed by atoms with E-state index in [1.165, 1.54) is 6.08 Å². The topological polar surface area (TPSA) is 63.2 Å². The van der Waals surface area contributed by atoms with Gasteiger partial charge in [-0.1, -0.05) is 24.9 Å². The minimum atomic E-state index is -0.634. The zero-order valence-electron chi connectivity index (χ0n) is 12.7. The van der Waals surface area contributed by atoms with Gasteiger partial charge in [-0.2, -0.15) is 5.26 Å². The predicted octanol–water partition coefficient (Wildman–Crippen LogP) is 4.85. The molecule has 1 aromatic heterocycles. The summed E-state index contributed by atoms with van der Waals surface area (Å²) in [6.45, 7) is 2.30. The quantitative estimate of drug-likeness (QED) is 0.329. The van der Waals surface area contributed by atoms with Gasteiger partial charge in [0.05, 0.1) is 6.61 Å². The molecule has 0 radical (unpaired) electrons. The summed E-state index contributed by atoms with van der Waals surface area (Å²) < 4.78 is 10.7. The Balaban J connectivity index is 2.13. The Bertz CT molecular complexity index is 738. The molecular weight excluding hydrogens is 314 g/mol. The molecule has 0 aliphatic carbocycles. The maximum absolute atomic E-state index is 11.8. The van der Waals surface area contributed by atoms with Crippen LogP contribution in [0, 0.1) is 11.3 Å². The molecule has 0 amide bonds. The highest BCUT2D eigenvalue weighted by Gasteiger charge is 2.12. The van der Waals surface area contributed by atoms with Gasteiger partial charge >= 0.3 is 5.97 Å². The molecule has 0 saturated heterocycles. The highest BCUT2D eigenvalue weighted by atomic mass is 35.5. The van der Waals surface area contributed by atoms with Gasteiger partial charge in [-0.3, -0.25) is 0 Å². The fraction of sp³-hybridized carbons (Fsp3) is 0.222. The van der Waals surface area contributed by atoms with Crippen molar-refractivity contribution in [2.45, 2.75) is 19.8 Å². The second kappa shape index (κ2) is 8.21. The summed E-state index contributed by atoms with van der Waals surface area (Å²) in [5.41, 5.74) is 0.774. The van der Waals surface area contributed by atoms with Crippen LogP contribution in [-0.2, 0) is 9.53 Å². The lowest BCUT2D eigenvalue weighted by atomic mass is 10.2. The van der Waals surface area contributed by atoms with Crippen LogP contribution in [0.1, 0.15) is 25.5 Å². The van der Waals surface area contributed by atoms with E-state index in [0.717, 1.165) is 18.4 Å². The average molecular weight is 330 g/mol. The van der Waals surface area contributed by atoms with Gasteiger partial charge in [0.25, 0.3) is 0 Å². The SMILES string of the molecule is CCCCOC(=O)/C(C#N)=C/c1ccc(-c2ccc(Cl)cc2)o1. The largest absolute Gasteiger partial charge is 0.462 e. The van der Waals surface area contributed by atoms with Crippen molar-refractivity contribution >= 4 is 23.6 Å². The number of unbranched alkanes of at least 4 members (excludes halogenated alkanes) is 1. The first kappa shape index (κ1) is 16.9. The van der Waals surface area contributed by atoms with Gasteiger partial charge < -0.3 is 9.15 Å². The molecule has 0 bridgehead atoms. The van der Waals surface area contributed by atoms with E-state index in [1.54, 1.807) is 24.3 Å². The summed E-state index contributed by atoms with van der Waals surface area (Å²) in [4.78, 5) is 11.8. The number of ether oxygens (including phenoxy) is 1. The monoisotopic (exact) mass is 329 g/mol. The Kier molecular flexibility index (Phi) is 6.02. The normalized spacial score (nSPS) is 11.1. The molecule has 0 fully saturated rings. The molecule has 0 N–H and O–H groups in total. The zero-order valence-corrected chi connectivity index (χ0v) is 13.5. The molecule has 118 valence electrons. The Hall–Kier alpha value is -2.51. The fourth-order valence-electron chi connectivity index (χ4n) is 1.87. The van der Waals surface area contributed by atoms with E-state index >= 15 is 0 Å². The molecule has 4 nitrogen and oxygen atoms in total. The number of furan rings is 1. The van der Waals surface area contributed by atoms with Gasteiger partial charge in [-0.25, -0.2) is 4.79 Å². The smallest absolute Gasteiger partial charge is 0.349 e. The predicted molar refractivity (Wildman–Crippen MR) is 88.6 cm³/mol. The molecule has 0 aliphatic heterocycles. The maximum Gasteiger partial charge on any atom is 0.349 e. The van der Waals surface area contributed by atoms with Crippen molar-refractivity contribution in [3.05, 3.63) is 52.8 Å². The van der Waals surface area contributed by atoms with Crippen LogP contribution in [0.3, 0.4) is 0 Å². The van der Waals surface area contributed by atoms with Gasteiger partial charge in [0.15, 0.2) is 0 Å². The van der Waals surface area contributed by atoms with E-state index in [1.807, 2.05) is 25.1 Å². The van der Waals surface area contributed by atoms with Gasteiger partial charge in [0.1, 0.15) is 23.2 Å². The molecule has 2 aromatic rings. The molecular formula is C18H16ClNO3.